The summed E-state index contributed by atoms with van der Waals surface area (Å²) in [5.41, 5.74) is 5.45. The first-order valence-electron chi connectivity index (χ1n) is 6.25. The molecule has 0 bridgehead atoms. The molecule has 3 nitrogen and oxygen atoms in total. The summed E-state index contributed by atoms with van der Waals surface area (Å²) in [6, 6.07) is 2.49. The molecule has 1 aromatic carbocycles. The zero-order valence-electron chi connectivity index (χ0n) is 11.3. The lowest BCUT2D eigenvalue weighted by Crippen LogP contribution is -2.41. The number of hydrogen-bond donors (Lipinski definition) is 2. The molecule has 1 atom stereocenters. The quantitative estimate of drug-likeness (QED) is 0.803. The molecule has 0 fully saturated rings. The van der Waals surface area contributed by atoms with Gasteiger partial charge in [0.2, 0.25) is 0 Å². The highest BCUT2D eigenvalue weighted by atomic mass is 79.9. The molecule has 0 aliphatic heterocycles. The van der Waals surface area contributed by atoms with Crippen LogP contribution in [0, 0.1) is 11.7 Å². The second kappa shape index (κ2) is 5.90. The van der Waals surface area contributed by atoms with Crippen molar-refractivity contribution in [3.63, 3.8) is 0 Å². The standard InChI is InChI=1S/C14H19BrFNO2/c1-4-5-14(8(2)3,13(18)19)10-6-9(16)7-11(15)12(10)17/h6-8H,4-5,17H2,1-3H3,(H,18,19). The van der Waals surface area contributed by atoms with E-state index in [1.165, 1.54) is 12.1 Å². The topological polar surface area (TPSA) is 63.3 Å². The van der Waals surface area contributed by atoms with Gasteiger partial charge in [-0.15, -0.1) is 0 Å². The smallest absolute Gasteiger partial charge is 0.314 e. The van der Waals surface area contributed by atoms with Gasteiger partial charge in [-0.05, 0) is 46.0 Å². The van der Waals surface area contributed by atoms with Gasteiger partial charge in [0.15, 0.2) is 0 Å². The Morgan fingerprint density at radius 1 is 1.53 bits per heavy atom. The number of nitrogens with two attached hydrogens (primary N) is 1. The Balaban J connectivity index is 3.61. The minimum absolute atomic E-state index is 0.194. The molecule has 0 saturated carbocycles. The summed E-state index contributed by atoms with van der Waals surface area (Å²) in [5, 5.41) is 9.69. The van der Waals surface area contributed by atoms with Crippen molar-refractivity contribution in [2.24, 2.45) is 5.92 Å². The Labute approximate surface area is 121 Å². The zero-order chi connectivity index (χ0) is 14.8. The number of carbonyl (C=O) groups is 1. The van der Waals surface area contributed by atoms with Crippen LogP contribution in [0.3, 0.4) is 0 Å². The SMILES string of the molecule is CCCC(C(=O)O)(c1cc(F)cc(Br)c1N)C(C)C. The minimum Gasteiger partial charge on any atom is -0.481 e. The Morgan fingerprint density at radius 3 is 2.53 bits per heavy atom. The average Bonchev–Trinajstić information content (AvgIpc) is 2.30. The number of carboxylic acid groups (broad SMARTS) is 1. The number of rotatable bonds is 5. The molecule has 0 saturated heterocycles. The summed E-state index contributed by atoms with van der Waals surface area (Å²) in [7, 11) is 0. The molecular formula is C14H19BrFNO2. The highest BCUT2D eigenvalue weighted by Gasteiger charge is 2.44. The van der Waals surface area contributed by atoms with E-state index in [1.807, 2.05) is 20.8 Å². The summed E-state index contributed by atoms with van der Waals surface area (Å²) >= 11 is 3.18. The molecule has 1 unspecified atom stereocenters. The molecule has 0 heterocycles. The van der Waals surface area contributed by atoms with Crippen molar-refractivity contribution in [2.45, 2.75) is 39.0 Å². The highest BCUT2D eigenvalue weighted by molar-refractivity contribution is 9.10. The van der Waals surface area contributed by atoms with Gasteiger partial charge in [-0.1, -0.05) is 27.2 Å². The van der Waals surface area contributed by atoms with Gasteiger partial charge in [0.05, 0.1) is 11.1 Å². The third-order valence-corrected chi connectivity index (χ3v) is 4.24. The fourth-order valence-corrected chi connectivity index (χ4v) is 2.98. The normalized spacial score (nSPS) is 14.4. The maximum atomic E-state index is 13.6. The molecule has 3 N–H and O–H groups in total. The molecular weight excluding hydrogens is 313 g/mol. The van der Waals surface area contributed by atoms with Crippen molar-refractivity contribution >= 4 is 27.6 Å². The third-order valence-electron chi connectivity index (χ3n) is 3.59. The fraction of sp³-hybridized carbons (Fsp3) is 0.500. The molecule has 1 aromatic rings. The second-order valence-corrected chi connectivity index (χ2v) is 5.88. The molecule has 19 heavy (non-hydrogen) atoms. The van der Waals surface area contributed by atoms with E-state index in [9.17, 15) is 14.3 Å². The molecule has 0 spiro atoms. The van der Waals surface area contributed by atoms with Gasteiger partial charge >= 0.3 is 5.97 Å². The number of hydrogen-bond acceptors (Lipinski definition) is 2. The van der Waals surface area contributed by atoms with Crippen molar-refractivity contribution < 1.29 is 14.3 Å². The fourth-order valence-electron chi connectivity index (χ4n) is 2.55. The van der Waals surface area contributed by atoms with Crippen LogP contribution in [0.4, 0.5) is 10.1 Å². The van der Waals surface area contributed by atoms with Crippen LogP contribution in [-0.4, -0.2) is 11.1 Å². The van der Waals surface area contributed by atoms with Crippen LogP contribution in [0.15, 0.2) is 16.6 Å². The van der Waals surface area contributed by atoms with Crippen LogP contribution in [0.2, 0.25) is 0 Å². The van der Waals surface area contributed by atoms with E-state index in [2.05, 4.69) is 15.9 Å². The van der Waals surface area contributed by atoms with Gasteiger partial charge in [0.1, 0.15) is 5.82 Å². The monoisotopic (exact) mass is 331 g/mol. The number of nitrogen functional groups attached to an aromatic ring is 1. The van der Waals surface area contributed by atoms with Crippen LogP contribution in [0.25, 0.3) is 0 Å². The molecule has 5 heteroatoms. The Bertz CT molecular complexity index is 491. The van der Waals surface area contributed by atoms with Crippen LogP contribution < -0.4 is 5.73 Å². The Kier molecular flexibility index (Phi) is 4.96. The maximum absolute atomic E-state index is 13.6. The minimum atomic E-state index is -1.16. The predicted octanol–water partition coefficient (Wildman–Crippen LogP) is 3.95. The largest absolute Gasteiger partial charge is 0.481 e. The molecule has 1 rings (SSSR count). The number of anilines is 1. The third kappa shape index (κ3) is 2.76. The summed E-state index contributed by atoms with van der Waals surface area (Å²) in [5.74, 6) is -1.65. The van der Waals surface area contributed by atoms with Gasteiger partial charge in [0, 0.05) is 4.47 Å². The van der Waals surface area contributed by atoms with Gasteiger partial charge in [-0.25, -0.2) is 4.39 Å². The van der Waals surface area contributed by atoms with E-state index in [0.717, 1.165) is 0 Å². The van der Waals surface area contributed by atoms with Crippen molar-refractivity contribution in [2.75, 3.05) is 5.73 Å². The number of benzene rings is 1. The molecule has 0 aliphatic carbocycles. The van der Waals surface area contributed by atoms with E-state index in [1.54, 1.807) is 0 Å². The van der Waals surface area contributed by atoms with Crippen molar-refractivity contribution in [3.05, 3.63) is 28.0 Å². The van der Waals surface area contributed by atoms with E-state index < -0.39 is 17.2 Å². The Hall–Kier alpha value is -1.10. The first-order valence-corrected chi connectivity index (χ1v) is 7.05. The van der Waals surface area contributed by atoms with Crippen LogP contribution in [-0.2, 0) is 10.2 Å². The van der Waals surface area contributed by atoms with E-state index in [-0.39, 0.29) is 5.92 Å². The molecule has 0 amide bonds. The van der Waals surface area contributed by atoms with E-state index in [0.29, 0.717) is 28.6 Å². The van der Waals surface area contributed by atoms with Crippen molar-refractivity contribution in [1.82, 2.24) is 0 Å². The van der Waals surface area contributed by atoms with Gasteiger partial charge in [-0.3, -0.25) is 4.79 Å². The van der Waals surface area contributed by atoms with E-state index in [4.69, 9.17) is 5.73 Å². The zero-order valence-corrected chi connectivity index (χ0v) is 12.9. The lowest BCUT2D eigenvalue weighted by atomic mass is 9.68. The number of aliphatic carboxylic acids is 1. The summed E-state index contributed by atoms with van der Waals surface area (Å²) in [6.07, 6.45) is 1.10. The Morgan fingerprint density at radius 2 is 2.11 bits per heavy atom. The number of carboxylic acids is 1. The lowest BCUT2D eigenvalue weighted by molar-refractivity contribution is -0.146. The molecule has 0 radical (unpaired) electrons. The highest BCUT2D eigenvalue weighted by Crippen LogP contribution is 2.42. The van der Waals surface area contributed by atoms with E-state index >= 15 is 0 Å². The average molecular weight is 332 g/mol. The van der Waals surface area contributed by atoms with Gasteiger partial charge < -0.3 is 10.8 Å². The molecule has 106 valence electrons. The summed E-state index contributed by atoms with van der Waals surface area (Å²) < 4.78 is 14.0. The maximum Gasteiger partial charge on any atom is 0.314 e. The van der Waals surface area contributed by atoms with Crippen molar-refractivity contribution in [3.8, 4) is 0 Å². The van der Waals surface area contributed by atoms with Crippen LogP contribution in [0.5, 0.6) is 0 Å². The second-order valence-electron chi connectivity index (χ2n) is 5.03. The molecule has 0 aliphatic rings. The summed E-state index contributed by atoms with van der Waals surface area (Å²) in [4.78, 5) is 11.8. The van der Waals surface area contributed by atoms with Gasteiger partial charge in [0.25, 0.3) is 0 Å². The predicted molar refractivity (Wildman–Crippen MR) is 77.6 cm³/mol. The van der Waals surface area contributed by atoms with Gasteiger partial charge in [-0.2, -0.15) is 0 Å². The first kappa shape index (κ1) is 16.0. The van der Waals surface area contributed by atoms with Crippen molar-refractivity contribution in [1.29, 1.82) is 0 Å². The molecule has 0 aromatic heterocycles. The first-order chi connectivity index (χ1) is 8.77. The summed E-state index contributed by atoms with van der Waals surface area (Å²) in [6.45, 7) is 5.55. The lowest BCUT2D eigenvalue weighted by Gasteiger charge is -2.35. The van der Waals surface area contributed by atoms with Crippen LogP contribution in [0.1, 0.15) is 39.2 Å². The van der Waals surface area contributed by atoms with Crippen LogP contribution >= 0.6 is 15.9 Å². The number of halogens is 2.